The van der Waals surface area contributed by atoms with Gasteiger partial charge in [-0.05, 0) is 34.3 Å². The van der Waals surface area contributed by atoms with E-state index in [1.165, 1.54) is 10.7 Å². The van der Waals surface area contributed by atoms with Gasteiger partial charge in [0.25, 0.3) is 0 Å². The van der Waals surface area contributed by atoms with Gasteiger partial charge in [0.2, 0.25) is 5.16 Å². The Kier molecular flexibility index (Phi) is 2.91. The van der Waals surface area contributed by atoms with Crippen molar-refractivity contribution in [2.24, 2.45) is 7.05 Å². The number of rotatable bonds is 3. The van der Waals surface area contributed by atoms with Crippen molar-refractivity contribution in [2.75, 3.05) is 5.73 Å². The van der Waals surface area contributed by atoms with Crippen LogP contribution in [0.5, 0.6) is 0 Å². The van der Waals surface area contributed by atoms with Crippen molar-refractivity contribution in [1.29, 1.82) is 0 Å². The van der Waals surface area contributed by atoms with Gasteiger partial charge in [-0.3, -0.25) is 10.1 Å². The number of nitrogens with two attached hydrogens (primary N) is 1. The Labute approximate surface area is 100.0 Å². The second kappa shape index (κ2) is 4.37. The third-order valence-corrected chi connectivity index (χ3v) is 3.07. The third-order valence-electron chi connectivity index (χ3n) is 2.00. The van der Waals surface area contributed by atoms with E-state index in [0.29, 0.717) is 10.1 Å². The minimum absolute atomic E-state index is 0.120. The van der Waals surface area contributed by atoms with Gasteiger partial charge in [0.05, 0.1) is 9.82 Å². The van der Waals surface area contributed by atoms with E-state index >= 15 is 0 Å². The van der Waals surface area contributed by atoms with Gasteiger partial charge in [-0.25, -0.2) is 4.68 Å². The normalized spacial score (nSPS) is 10.4. The maximum Gasteiger partial charge on any atom is 0.306 e. The summed E-state index contributed by atoms with van der Waals surface area (Å²) in [7, 11) is 1.65. The molecule has 0 radical (unpaired) electrons. The Morgan fingerprint density at radius 2 is 2.29 bits per heavy atom. The highest BCUT2D eigenvalue weighted by molar-refractivity contribution is 7.99. The fourth-order valence-electron chi connectivity index (χ4n) is 1.22. The van der Waals surface area contributed by atoms with E-state index in [-0.39, 0.29) is 11.4 Å². The molecule has 0 aliphatic heterocycles. The molecule has 0 bridgehead atoms. The van der Waals surface area contributed by atoms with Crippen molar-refractivity contribution in [1.82, 2.24) is 20.2 Å². The lowest BCUT2D eigenvalue weighted by Gasteiger charge is -2.03. The lowest BCUT2D eigenvalue weighted by Crippen LogP contribution is -1.98. The number of nitro benzene ring substituents is 1. The molecule has 0 aliphatic carbocycles. The number of hydrogen-bond acceptors (Lipinski definition) is 7. The van der Waals surface area contributed by atoms with Crippen LogP contribution in [0.15, 0.2) is 28.3 Å². The van der Waals surface area contributed by atoms with Gasteiger partial charge in [-0.15, -0.1) is 5.10 Å². The predicted molar refractivity (Wildman–Crippen MR) is 60.4 cm³/mol. The Morgan fingerprint density at radius 3 is 2.88 bits per heavy atom. The van der Waals surface area contributed by atoms with Gasteiger partial charge in [0.1, 0.15) is 5.69 Å². The number of aryl methyl sites for hydroxylation is 1. The summed E-state index contributed by atoms with van der Waals surface area (Å²) in [4.78, 5) is 10.8. The molecule has 0 saturated carbocycles. The number of anilines is 1. The summed E-state index contributed by atoms with van der Waals surface area (Å²) in [5.41, 5.74) is 5.57. The van der Waals surface area contributed by atoms with E-state index in [9.17, 15) is 10.1 Å². The molecule has 0 saturated heterocycles. The second-order valence-electron chi connectivity index (χ2n) is 3.14. The zero-order chi connectivity index (χ0) is 12.4. The molecule has 17 heavy (non-hydrogen) atoms. The monoisotopic (exact) mass is 252 g/mol. The van der Waals surface area contributed by atoms with E-state index < -0.39 is 4.92 Å². The molecule has 1 aromatic carbocycles. The average molecular weight is 252 g/mol. The van der Waals surface area contributed by atoms with Crippen molar-refractivity contribution in [3.05, 3.63) is 28.3 Å². The largest absolute Gasteiger partial charge is 0.393 e. The van der Waals surface area contributed by atoms with Gasteiger partial charge in [-0.1, -0.05) is 6.07 Å². The first-order valence-corrected chi connectivity index (χ1v) is 5.34. The Bertz CT molecular complexity index is 569. The zero-order valence-corrected chi connectivity index (χ0v) is 9.59. The summed E-state index contributed by atoms with van der Waals surface area (Å²) in [5, 5.41) is 22.2. The maximum absolute atomic E-state index is 10.9. The molecule has 1 heterocycles. The van der Waals surface area contributed by atoms with Crippen molar-refractivity contribution in [3.63, 3.8) is 0 Å². The molecule has 2 rings (SSSR count). The number of benzene rings is 1. The number of nitro groups is 1. The predicted octanol–water partition coefficient (Wildman–Crippen LogP) is 0.852. The Hall–Kier alpha value is -2.16. The first-order chi connectivity index (χ1) is 8.09. The number of para-hydroxylation sites is 1. The smallest absolute Gasteiger partial charge is 0.306 e. The van der Waals surface area contributed by atoms with Crippen LogP contribution in [0.1, 0.15) is 0 Å². The molecule has 2 N–H and O–H groups in total. The molecule has 0 fully saturated rings. The van der Waals surface area contributed by atoms with E-state index in [1.807, 2.05) is 0 Å². The first kappa shape index (κ1) is 11.3. The Balaban J connectivity index is 2.43. The van der Waals surface area contributed by atoms with E-state index in [2.05, 4.69) is 15.5 Å². The van der Waals surface area contributed by atoms with Crippen molar-refractivity contribution in [2.45, 2.75) is 10.1 Å². The molecule has 0 aliphatic rings. The van der Waals surface area contributed by atoms with Gasteiger partial charge < -0.3 is 5.73 Å². The summed E-state index contributed by atoms with van der Waals surface area (Å²) in [5.74, 6) is 0. The zero-order valence-electron chi connectivity index (χ0n) is 8.77. The molecule has 0 unspecified atom stereocenters. The minimum atomic E-state index is -0.512. The maximum atomic E-state index is 10.9. The summed E-state index contributed by atoms with van der Waals surface area (Å²) < 4.78 is 1.43. The number of hydrogen-bond donors (Lipinski definition) is 1. The third kappa shape index (κ3) is 2.18. The molecule has 0 spiro atoms. The number of nitrogen functional groups attached to an aromatic ring is 1. The standard InChI is InChI=1S/C8H8N6O2S/c1-13-8(10-11-12-13)17-6-4-2-3-5(9)7(6)14(15)16/h2-4H,9H2,1H3. The van der Waals surface area contributed by atoms with Gasteiger partial charge in [-0.2, -0.15) is 0 Å². The van der Waals surface area contributed by atoms with Crippen molar-refractivity contribution in [3.8, 4) is 0 Å². The van der Waals surface area contributed by atoms with Gasteiger partial charge in [0.15, 0.2) is 0 Å². The molecule has 0 amide bonds. The van der Waals surface area contributed by atoms with Crippen molar-refractivity contribution >= 4 is 23.1 Å². The summed E-state index contributed by atoms with van der Waals surface area (Å²) >= 11 is 1.10. The molecular weight excluding hydrogens is 244 g/mol. The van der Waals surface area contributed by atoms with Crippen LogP contribution in [0, 0.1) is 10.1 Å². The summed E-state index contributed by atoms with van der Waals surface area (Å²) in [6, 6.07) is 4.74. The van der Waals surface area contributed by atoms with Crippen LogP contribution < -0.4 is 5.73 Å². The second-order valence-corrected chi connectivity index (χ2v) is 4.15. The minimum Gasteiger partial charge on any atom is -0.393 e. The van der Waals surface area contributed by atoms with Crippen molar-refractivity contribution < 1.29 is 4.92 Å². The quantitative estimate of drug-likeness (QED) is 0.489. The lowest BCUT2D eigenvalue weighted by atomic mass is 10.3. The highest BCUT2D eigenvalue weighted by Crippen LogP contribution is 2.36. The van der Waals surface area contributed by atoms with Crippen LogP contribution in [0.4, 0.5) is 11.4 Å². The first-order valence-electron chi connectivity index (χ1n) is 4.52. The fraction of sp³-hybridized carbons (Fsp3) is 0.125. The van der Waals surface area contributed by atoms with Crippen LogP contribution in [0.25, 0.3) is 0 Å². The molecular formula is C8H8N6O2S. The number of aromatic nitrogens is 4. The van der Waals surface area contributed by atoms with Gasteiger partial charge >= 0.3 is 5.69 Å². The average Bonchev–Trinajstić information content (AvgIpc) is 2.64. The molecule has 0 atom stereocenters. The van der Waals surface area contributed by atoms with E-state index in [4.69, 9.17) is 5.73 Å². The van der Waals surface area contributed by atoms with Crippen LogP contribution in [-0.4, -0.2) is 25.1 Å². The number of nitrogens with zero attached hydrogens (tertiary/aromatic N) is 5. The van der Waals surface area contributed by atoms with Crippen LogP contribution in [0.3, 0.4) is 0 Å². The fourth-order valence-corrected chi connectivity index (χ4v) is 2.10. The molecule has 9 heteroatoms. The Morgan fingerprint density at radius 1 is 1.53 bits per heavy atom. The van der Waals surface area contributed by atoms with E-state index in [1.54, 1.807) is 19.2 Å². The lowest BCUT2D eigenvalue weighted by molar-refractivity contribution is -0.386. The molecule has 88 valence electrons. The highest BCUT2D eigenvalue weighted by atomic mass is 32.2. The summed E-state index contributed by atoms with van der Waals surface area (Å²) in [6.45, 7) is 0. The topological polar surface area (TPSA) is 113 Å². The SMILES string of the molecule is Cn1nnnc1Sc1cccc(N)c1[N+](=O)[O-]. The molecule has 1 aromatic heterocycles. The number of tetrazole rings is 1. The van der Waals surface area contributed by atoms with Crippen LogP contribution in [0.2, 0.25) is 0 Å². The highest BCUT2D eigenvalue weighted by Gasteiger charge is 2.20. The van der Waals surface area contributed by atoms with Crippen LogP contribution >= 0.6 is 11.8 Å². The molecule has 2 aromatic rings. The summed E-state index contributed by atoms with van der Waals surface area (Å²) in [6.07, 6.45) is 0. The van der Waals surface area contributed by atoms with Gasteiger partial charge in [0, 0.05) is 7.05 Å². The van der Waals surface area contributed by atoms with Crippen LogP contribution in [-0.2, 0) is 7.05 Å². The molecule has 8 nitrogen and oxygen atoms in total. The van der Waals surface area contributed by atoms with E-state index in [0.717, 1.165) is 11.8 Å².